The molecule has 5 heterocycles. The Morgan fingerprint density at radius 2 is 1.61 bits per heavy atom. The number of benzene rings is 3. The molecule has 0 N–H and O–H groups in total. The highest BCUT2D eigenvalue weighted by Gasteiger charge is 2.81. The molecule has 5 atom stereocenters. The number of hydrogen-bond donors (Lipinski definition) is 0. The van der Waals surface area contributed by atoms with E-state index in [2.05, 4.69) is 0 Å². The van der Waals surface area contributed by atoms with Gasteiger partial charge in [0.1, 0.15) is 11.8 Å². The van der Waals surface area contributed by atoms with Crippen molar-refractivity contribution in [1.82, 2.24) is 14.4 Å². The van der Waals surface area contributed by atoms with Gasteiger partial charge in [0.2, 0.25) is 0 Å². The van der Waals surface area contributed by atoms with Gasteiger partial charge in [-0.05, 0) is 67.4 Å². The van der Waals surface area contributed by atoms with E-state index in [9.17, 15) is 22.8 Å². The number of fused-ring (bicyclic) bond motifs is 6. The van der Waals surface area contributed by atoms with Crippen molar-refractivity contribution in [3.05, 3.63) is 96.2 Å². The molecule has 1 unspecified atom stereocenters. The summed E-state index contributed by atoms with van der Waals surface area (Å²) in [7, 11) is -3.87. The lowest BCUT2D eigenvalue weighted by molar-refractivity contribution is -0.154. The monoisotopic (exact) mass is 674 g/mol. The first-order valence-corrected chi connectivity index (χ1v) is 18.5. The first-order valence-electron chi connectivity index (χ1n) is 14.8. The molecule has 10 nitrogen and oxygen atoms in total. The zero-order valence-electron chi connectivity index (χ0n) is 25.4. The molecule has 13 heteroatoms. The maximum absolute atomic E-state index is 14.8. The van der Waals surface area contributed by atoms with Gasteiger partial charge < -0.3 is 9.64 Å². The quantitative estimate of drug-likeness (QED) is 0.323. The van der Waals surface area contributed by atoms with Gasteiger partial charge in [-0.2, -0.15) is 0 Å². The SMILES string of the molecule is CN1C(=O)[C@@]23C[C@]4(c5cn(C(=O)OC(C)(C)C)c6ccccc56)c5ccccc5N(S(=O)(=O)c5ccccc5)[C@@H]4N2C(=O)C1[S@@]3=S. The van der Waals surface area contributed by atoms with Gasteiger partial charge in [0.15, 0.2) is 10.2 Å². The van der Waals surface area contributed by atoms with Gasteiger partial charge in [0.25, 0.3) is 21.8 Å². The summed E-state index contributed by atoms with van der Waals surface area (Å²) < 4.78 is 38.1. The Balaban J connectivity index is 1.47. The Morgan fingerprint density at radius 1 is 0.957 bits per heavy atom. The van der Waals surface area contributed by atoms with E-state index in [1.807, 2.05) is 30.3 Å². The fourth-order valence-electron chi connectivity index (χ4n) is 7.85. The van der Waals surface area contributed by atoms with Crippen LogP contribution in [0.25, 0.3) is 10.9 Å². The van der Waals surface area contributed by atoms with E-state index in [0.717, 1.165) is 0 Å². The van der Waals surface area contributed by atoms with E-state index in [4.69, 9.17) is 15.9 Å². The zero-order valence-corrected chi connectivity index (χ0v) is 27.9. The molecule has 8 rings (SSSR count). The van der Waals surface area contributed by atoms with Gasteiger partial charge >= 0.3 is 6.09 Å². The third-order valence-corrected chi connectivity index (χ3v) is 14.8. The van der Waals surface area contributed by atoms with Crippen LogP contribution in [0.4, 0.5) is 10.5 Å². The van der Waals surface area contributed by atoms with Crippen molar-refractivity contribution in [3.8, 4) is 0 Å². The van der Waals surface area contributed by atoms with Crippen molar-refractivity contribution in [2.75, 3.05) is 11.4 Å². The topological polar surface area (TPSA) is 109 Å². The summed E-state index contributed by atoms with van der Waals surface area (Å²) in [6.45, 7) is 5.35. The van der Waals surface area contributed by atoms with E-state index >= 15 is 0 Å². The van der Waals surface area contributed by atoms with Crippen LogP contribution in [-0.2, 0) is 50.4 Å². The summed E-state index contributed by atoms with van der Waals surface area (Å²) >= 11 is 6.03. The second-order valence-corrected chi connectivity index (χ2v) is 17.7. The third kappa shape index (κ3) is 3.42. The number of carbonyl (C=O) groups excluding carboxylic acids is 3. The Bertz CT molecular complexity index is 2160. The van der Waals surface area contributed by atoms with Crippen molar-refractivity contribution in [2.45, 2.75) is 59.5 Å². The predicted octanol–water partition coefficient (Wildman–Crippen LogP) is 4.07. The summed E-state index contributed by atoms with van der Waals surface area (Å²) in [5.74, 6) is -0.668. The van der Waals surface area contributed by atoms with Gasteiger partial charge in [-0.15, -0.1) is 0 Å². The molecule has 46 heavy (non-hydrogen) atoms. The van der Waals surface area contributed by atoms with Crippen LogP contribution in [0.1, 0.15) is 38.3 Å². The molecule has 4 aliphatic heterocycles. The maximum Gasteiger partial charge on any atom is 0.419 e. The number of piperazine rings is 1. The van der Waals surface area contributed by atoms with Crippen LogP contribution in [0, 0.1) is 0 Å². The molecule has 3 aromatic carbocycles. The third-order valence-electron chi connectivity index (χ3n) is 9.51. The normalized spacial score (nSPS) is 28.2. The number of likely N-dealkylation sites (N-methyl/N-ethyl adjacent to an activating group) is 1. The molecular weight excluding hydrogens is 645 g/mol. The number of nitrogens with zero attached hydrogens (tertiary/aromatic N) is 4. The number of para-hydroxylation sites is 2. The summed E-state index contributed by atoms with van der Waals surface area (Å²) in [6, 6.07) is 22.6. The van der Waals surface area contributed by atoms with Crippen LogP contribution >= 0.6 is 0 Å². The lowest BCUT2D eigenvalue weighted by atomic mass is 9.72. The molecule has 2 amide bonds. The van der Waals surface area contributed by atoms with Crippen LogP contribution in [0.2, 0.25) is 0 Å². The fourth-order valence-corrected chi connectivity index (χ4v) is 12.9. The second-order valence-electron chi connectivity index (χ2n) is 13.1. The first kappa shape index (κ1) is 29.3. The van der Waals surface area contributed by atoms with Gasteiger partial charge in [-0.25, -0.2) is 17.5 Å². The number of aromatic nitrogens is 1. The van der Waals surface area contributed by atoms with E-state index in [1.54, 1.807) is 70.4 Å². The van der Waals surface area contributed by atoms with Crippen LogP contribution in [0.5, 0.6) is 0 Å². The van der Waals surface area contributed by atoms with E-state index in [0.29, 0.717) is 27.7 Å². The molecule has 0 aliphatic carbocycles. The number of sulfonamides is 1. The average molecular weight is 675 g/mol. The summed E-state index contributed by atoms with van der Waals surface area (Å²) in [6.07, 6.45) is -0.0217. The van der Waals surface area contributed by atoms with Gasteiger partial charge in [-0.3, -0.25) is 19.1 Å². The molecule has 1 aromatic heterocycles. The minimum Gasteiger partial charge on any atom is -0.443 e. The van der Waals surface area contributed by atoms with Crippen molar-refractivity contribution < 1.29 is 27.5 Å². The van der Waals surface area contributed by atoms with Crippen molar-refractivity contribution in [3.63, 3.8) is 0 Å². The molecule has 3 saturated heterocycles. The number of rotatable bonds is 3. The van der Waals surface area contributed by atoms with Gasteiger partial charge in [0.05, 0.1) is 21.5 Å². The number of hydrogen-bond acceptors (Lipinski definition) is 7. The maximum atomic E-state index is 14.8. The van der Waals surface area contributed by atoms with E-state index in [1.165, 1.54) is 30.8 Å². The largest absolute Gasteiger partial charge is 0.443 e. The Morgan fingerprint density at radius 3 is 2.33 bits per heavy atom. The molecule has 0 saturated carbocycles. The molecule has 1 spiro atoms. The van der Waals surface area contributed by atoms with Crippen LogP contribution in [-0.4, -0.2) is 69.8 Å². The van der Waals surface area contributed by atoms with E-state index in [-0.39, 0.29) is 23.1 Å². The van der Waals surface area contributed by atoms with Crippen molar-refractivity contribution in [1.29, 1.82) is 0 Å². The predicted molar refractivity (Wildman–Crippen MR) is 176 cm³/mol. The summed E-state index contributed by atoms with van der Waals surface area (Å²) in [5.41, 5.74) is 0.159. The molecule has 4 aromatic rings. The highest BCUT2D eigenvalue weighted by molar-refractivity contribution is 8.31. The van der Waals surface area contributed by atoms with Crippen molar-refractivity contribution in [2.24, 2.45) is 0 Å². The van der Waals surface area contributed by atoms with Crippen LogP contribution < -0.4 is 4.31 Å². The number of ether oxygens (including phenoxy) is 1. The lowest BCUT2D eigenvalue weighted by Gasteiger charge is -2.40. The molecule has 236 valence electrons. The Kier molecular flexibility index (Phi) is 5.91. The minimum atomic E-state index is -4.28. The molecule has 0 radical (unpaired) electrons. The molecule has 4 aliphatic rings. The zero-order chi connectivity index (χ0) is 32.6. The number of carbonyl (C=O) groups is 3. The molecule has 3 fully saturated rings. The lowest BCUT2D eigenvalue weighted by Crippen LogP contribution is -2.63. The number of amides is 2. The standard InChI is InChI=1S/C33H30N4O6S3/c1-31(2,3)43-30(40)35-18-23(21-14-8-10-16-24(21)35)32-19-33-29(39)34(4)27(45(33)44)26(38)36(33)28(32)37(25-17-11-9-15-22(25)32)46(41,42)20-12-6-5-7-13-20/h5-18,27-28H,19H2,1-4H3/t27?,28-,32+,33-,45-/m0/s1. The first-order chi connectivity index (χ1) is 21.8. The summed E-state index contributed by atoms with van der Waals surface area (Å²) in [4.78, 5) is 43.8. The Hall–Kier alpha value is -4.07. The highest BCUT2D eigenvalue weighted by Crippen LogP contribution is 2.67. The summed E-state index contributed by atoms with van der Waals surface area (Å²) in [5, 5.41) is -0.176. The van der Waals surface area contributed by atoms with E-state index < -0.39 is 53.0 Å². The minimum absolute atomic E-state index is 0.0513. The van der Waals surface area contributed by atoms with Gasteiger partial charge in [0, 0.05) is 25.1 Å². The molecular formula is C33H30N4O6S3. The highest BCUT2D eigenvalue weighted by atomic mass is 32.8. The smallest absolute Gasteiger partial charge is 0.419 e. The fraction of sp³-hybridized carbons (Fsp3) is 0.303. The molecule has 2 bridgehead atoms. The number of anilines is 1. The average Bonchev–Trinajstić information content (AvgIpc) is 3.73. The van der Waals surface area contributed by atoms with Crippen molar-refractivity contribution >= 4 is 65.2 Å². The van der Waals surface area contributed by atoms with Gasteiger partial charge in [-0.1, -0.05) is 64.1 Å². The van der Waals surface area contributed by atoms with Crippen LogP contribution in [0.3, 0.4) is 0 Å². The van der Waals surface area contributed by atoms with Crippen LogP contribution in [0.15, 0.2) is 90.0 Å². The Labute approximate surface area is 273 Å². The second kappa shape index (κ2) is 9.26.